The summed E-state index contributed by atoms with van der Waals surface area (Å²) < 4.78 is 7.61. The van der Waals surface area contributed by atoms with E-state index in [0.29, 0.717) is 5.02 Å². The summed E-state index contributed by atoms with van der Waals surface area (Å²) in [6.07, 6.45) is 1.87. The standard InChI is InChI=1S/C17H18Cl2NOS/c1-2-22-20(21-22)12-15-6-4-3-5-13(15)7-8-14-9-10-16(18)11-17(14)19/h3-6,9-11H,2,7-8,12H2,1H3/q+1. The predicted octanol–water partition coefficient (Wildman–Crippen LogP) is 5.99. The third kappa shape index (κ3) is 3.78. The molecule has 0 N–H and O–H groups in total. The Morgan fingerprint density at radius 2 is 1.73 bits per heavy atom. The summed E-state index contributed by atoms with van der Waals surface area (Å²) in [5.74, 6) is 1.06. The first kappa shape index (κ1) is 15.7. The summed E-state index contributed by atoms with van der Waals surface area (Å²) in [4.78, 5) is 0. The Labute approximate surface area is 143 Å². The zero-order chi connectivity index (χ0) is 15.5. The molecule has 22 heavy (non-hydrogen) atoms. The molecule has 0 aliphatic heterocycles. The normalized spacial score (nSPS) is 12.0. The van der Waals surface area contributed by atoms with Crippen molar-refractivity contribution in [2.75, 3.05) is 0 Å². The van der Waals surface area contributed by atoms with E-state index < -0.39 is 0 Å². The van der Waals surface area contributed by atoms with E-state index in [1.807, 2.05) is 12.1 Å². The van der Waals surface area contributed by atoms with Crippen molar-refractivity contribution >= 4 is 34.2 Å². The van der Waals surface area contributed by atoms with Crippen LogP contribution in [-0.4, -0.2) is 4.13 Å². The van der Waals surface area contributed by atoms with Crippen molar-refractivity contribution in [1.29, 1.82) is 0 Å². The molecule has 0 saturated heterocycles. The average molecular weight is 355 g/mol. The van der Waals surface area contributed by atoms with E-state index in [1.165, 1.54) is 11.1 Å². The van der Waals surface area contributed by atoms with Crippen molar-refractivity contribution in [1.82, 2.24) is 4.13 Å². The minimum atomic E-state index is 0.0323. The number of halogens is 2. The molecule has 0 aliphatic carbocycles. The lowest BCUT2D eigenvalue weighted by atomic mass is 10.00. The van der Waals surface area contributed by atoms with Crippen LogP contribution in [0.3, 0.4) is 0 Å². The van der Waals surface area contributed by atoms with Gasteiger partial charge in [0.15, 0.2) is 5.75 Å². The third-order valence-electron chi connectivity index (χ3n) is 3.72. The maximum atomic E-state index is 6.26. The Morgan fingerprint density at radius 3 is 2.41 bits per heavy atom. The lowest BCUT2D eigenvalue weighted by Gasteiger charge is -2.08. The van der Waals surface area contributed by atoms with Crippen LogP contribution in [0.4, 0.5) is 0 Å². The van der Waals surface area contributed by atoms with Gasteiger partial charge in [-0.2, -0.15) is 0 Å². The molecule has 0 saturated carbocycles. The highest BCUT2D eigenvalue weighted by Gasteiger charge is 2.25. The molecular formula is C17H18Cl2NOS+. The molecule has 0 spiro atoms. The molecule has 0 radical (unpaired) electrons. The number of aryl methyl sites for hydroxylation is 3. The van der Waals surface area contributed by atoms with E-state index in [4.69, 9.17) is 27.2 Å². The monoisotopic (exact) mass is 354 g/mol. The first-order valence-corrected chi connectivity index (χ1v) is 9.38. The predicted molar refractivity (Wildman–Crippen MR) is 94.3 cm³/mol. The molecule has 1 atom stereocenters. The van der Waals surface area contributed by atoms with Gasteiger partial charge >= 0.3 is 11.0 Å². The van der Waals surface area contributed by atoms with Gasteiger partial charge in [-0.25, -0.2) is 0 Å². The molecule has 0 amide bonds. The Morgan fingerprint density at radius 1 is 1.00 bits per heavy atom. The fraction of sp³-hybridized carbons (Fsp3) is 0.294. The van der Waals surface area contributed by atoms with Gasteiger partial charge in [-0.3, -0.25) is 0 Å². The molecule has 0 bridgehead atoms. The van der Waals surface area contributed by atoms with Crippen LogP contribution in [0.2, 0.25) is 10.0 Å². The van der Waals surface area contributed by atoms with Crippen LogP contribution in [0.1, 0.15) is 23.6 Å². The molecule has 0 aliphatic rings. The maximum absolute atomic E-state index is 6.26. The van der Waals surface area contributed by atoms with Crippen molar-refractivity contribution in [2.24, 2.45) is 0 Å². The highest BCUT2D eigenvalue weighted by atomic mass is 35.5. The second kappa shape index (κ2) is 6.95. The van der Waals surface area contributed by atoms with E-state index in [2.05, 4.69) is 35.3 Å². The summed E-state index contributed by atoms with van der Waals surface area (Å²) >= 11 is 12.2. The number of aromatic nitrogens is 1. The lowest BCUT2D eigenvalue weighted by Crippen LogP contribution is -1.99. The molecule has 3 aromatic rings. The third-order valence-corrected chi connectivity index (χ3v) is 5.68. The number of hydrogen-bond donors (Lipinski definition) is 0. The van der Waals surface area contributed by atoms with Crippen LogP contribution in [0, 0.1) is 0 Å². The van der Waals surface area contributed by atoms with E-state index in [1.54, 1.807) is 6.07 Å². The number of rotatable bonds is 6. The zero-order valence-electron chi connectivity index (χ0n) is 12.4. The van der Waals surface area contributed by atoms with Crippen molar-refractivity contribution in [3.8, 4) is 0 Å². The Hall–Kier alpha value is -1.16. The van der Waals surface area contributed by atoms with Gasteiger partial charge in [0.1, 0.15) is 6.54 Å². The molecule has 1 aromatic heterocycles. The van der Waals surface area contributed by atoms with Crippen LogP contribution in [-0.2, 0) is 25.1 Å². The molecular weight excluding hydrogens is 337 g/mol. The molecule has 2 aromatic carbocycles. The number of benzene rings is 2. The van der Waals surface area contributed by atoms with Crippen LogP contribution < -0.4 is 0 Å². The van der Waals surface area contributed by atoms with Gasteiger partial charge in [-0.05, 0) is 48.6 Å². The zero-order valence-corrected chi connectivity index (χ0v) is 14.7. The van der Waals surface area contributed by atoms with Gasteiger partial charge in [0.25, 0.3) is 0 Å². The average Bonchev–Trinajstić information content (AvgIpc) is 3.26. The Kier molecular flexibility index (Phi) is 4.97. The SMILES string of the molecule is CC[s+]1on1Cc1ccccc1CCc1ccc(Cl)cc1Cl. The van der Waals surface area contributed by atoms with Gasteiger partial charge in [0.05, 0.1) is 4.13 Å². The van der Waals surface area contributed by atoms with Gasteiger partial charge in [-0.15, -0.1) is 3.96 Å². The van der Waals surface area contributed by atoms with E-state index in [9.17, 15) is 0 Å². The Bertz CT molecular complexity index is 756. The lowest BCUT2D eigenvalue weighted by molar-refractivity contribution is 0.471. The number of hydrogen-bond acceptors (Lipinski definition) is 1. The van der Waals surface area contributed by atoms with E-state index >= 15 is 0 Å². The summed E-state index contributed by atoms with van der Waals surface area (Å²) in [6, 6.07) is 14.2. The quantitative estimate of drug-likeness (QED) is 0.497. The van der Waals surface area contributed by atoms with Crippen molar-refractivity contribution in [3.63, 3.8) is 0 Å². The van der Waals surface area contributed by atoms with Gasteiger partial charge < -0.3 is 0 Å². The van der Waals surface area contributed by atoms with Crippen LogP contribution in [0.25, 0.3) is 0 Å². The van der Waals surface area contributed by atoms with Crippen molar-refractivity contribution in [2.45, 2.75) is 32.1 Å². The molecule has 5 heteroatoms. The molecule has 116 valence electrons. The molecule has 1 unspecified atom stereocenters. The fourth-order valence-corrected chi connectivity index (χ4v) is 3.99. The van der Waals surface area contributed by atoms with Crippen LogP contribution in [0.15, 0.2) is 46.4 Å². The van der Waals surface area contributed by atoms with Gasteiger partial charge in [-0.1, -0.05) is 53.5 Å². The fourth-order valence-electron chi connectivity index (χ4n) is 2.47. The molecule has 0 fully saturated rings. The van der Waals surface area contributed by atoms with Crippen molar-refractivity contribution in [3.05, 3.63) is 69.2 Å². The number of nitrogens with zero attached hydrogens (tertiary/aromatic N) is 1. The first-order chi connectivity index (χ1) is 10.7. The van der Waals surface area contributed by atoms with E-state index in [0.717, 1.165) is 35.7 Å². The topological polar surface area (TPSA) is 18.1 Å². The maximum Gasteiger partial charge on any atom is 0.319 e. The summed E-state index contributed by atoms with van der Waals surface area (Å²) in [5, 5.41) is 1.42. The highest BCUT2D eigenvalue weighted by molar-refractivity contribution is 7.21. The van der Waals surface area contributed by atoms with Crippen LogP contribution in [0.5, 0.6) is 0 Å². The summed E-state index contributed by atoms with van der Waals surface area (Å²) in [7, 11) is 0.0323. The minimum Gasteiger partial charge on any atom is -0.103 e. The smallest absolute Gasteiger partial charge is 0.103 e. The minimum absolute atomic E-state index is 0.0323. The highest BCUT2D eigenvalue weighted by Crippen LogP contribution is 2.29. The summed E-state index contributed by atoms with van der Waals surface area (Å²) in [5.41, 5.74) is 3.82. The first-order valence-electron chi connectivity index (χ1n) is 7.35. The Balaban J connectivity index is 1.71. The second-order valence-electron chi connectivity index (χ2n) is 5.18. The molecule has 1 heterocycles. The molecule has 3 rings (SSSR count). The second-order valence-corrected chi connectivity index (χ2v) is 7.80. The summed E-state index contributed by atoms with van der Waals surface area (Å²) in [6.45, 7) is 3.01. The van der Waals surface area contributed by atoms with Crippen molar-refractivity contribution < 1.29 is 3.96 Å². The van der Waals surface area contributed by atoms with Gasteiger partial charge in [0.2, 0.25) is 0 Å². The molecule has 2 nitrogen and oxygen atoms in total. The van der Waals surface area contributed by atoms with Gasteiger partial charge in [0, 0.05) is 10.0 Å². The largest absolute Gasteiger partial charge is 0.319 e. The van der Waals surface area contributed by atoms with Crippen LogP contribution >= 0.6 is 34.2 Å². The van der Waals surface area contributed by atoms with E-state index in [-0.39, 0.29) is 11.0 Å².